The number of nitrogens with zero attached hydrogens (tertiary/aromatic N) is 1. The van der Waals surface area contributed by atoms with Crippen LogP contribution in [-0.2, 0) is 9.53 Å². The minimum Gasteiger partial charge on any atom is -0.454 e. The molecule has 108 valence electrons. The van der Waals surface area contributed by atoms with Gasteiger partial charge in [-0.15, -0.1) is 0 Å². The highest BCUT2D eigenvalue weighted by molar-refractivity contribution is 5.76. The summed E-state index contributed by atoms with van der Waals surface area (Å²) < 4.78 is 5.74. The van der Waals surface area contributed by atoms with Crippen molar-refractivity contribution in [2.45, 2.75) is 25.1 Å². The molecule has 3 nitrogen and oxygen atoms in total. The van der Waals surface area contributed by atoms with E-state index in [0.717, 1.165) is 11.1 Å². The molecule has 1 aliphatic rings. The van der Waals surface area contributed by atoms with Crippen molar-refractivity contribution in [2.24, 2.45) is 0 Å². The number of rotatable bonds is 2. The second kappa shape index (κ2) is 5.70. The average Bonchev–Trinajstić information content (AvgIpc) is 2.54. The lowest BCUT2D eigenvalue weighted by Gasteiger charge is -2.42. The molecule has 0 bridgehead atoms. The minimum atomic E-state index is -0.276. The molecule has 1 fully saturated rings. The van der Waals surface area contributed by atoms with E-state index in [-0.39, 0.29) is 24.2 Å². The molecule has 3 atom stereocenters. The highest BCUT2D eigenvalue weighted by atomic mass is 16.5. The molecule has 1 saturated heterocycles. The highest BCUT2D eigenvalue weighted by Gasteiger charge is 2.41. The normalized spacial score (nSPS) is 26.4. The van der Waals surface area contributed by atoms with Gasteiger partial charge in [0, 0.05) is 0 Å². The first kappa shape index (κ1) is 13.8. The van der Waals surface area contributed by atoms with Crippen LogP contribution in [0.4, 0.5) is 0 Å². The lowest BCUT2D eigenvalue weighted by atomic mass is 9.92. The summed E-state index contributed by atoms with van der Waals surface area (Å²) >= 11 is 0. The first-order valence-electron chi connectivity index (χ1n) is 7.21. The third kappa shape index (κ3) is 2.57. The zero-order valence-corrected chi connectivity index (χ0v) is 12.3. The number of ether oxygens (including phenoxy) is 1. The van der Waals surface area contributed by atoms with E-state index < -0.39 is 0 Å². The summed E-state index contributed by atoms with van der Waals surface area (Å²) in [5.41, 5.74) is 2.19. The Morgan fingerprint density at radius 2 is 1.43 bits per heavy atom. The Hall–Kier alpha value is -2.13. The molecule has 0 saturated carbocycles. The molecule has 0 aromatic heterocycles. The van der Waals surface area contributed by atoms with Gasteiger partial charge in [-0.1, -0.05) is 60.7 Å². The smallest absolute Gasteiger partial charge is 0.323 e. The number of benzene rings is 2. The van der Waals surface area contributed by atoms with Gasteiger partial charge in [-0.3, -0.25) is 9.69 Å². The van der Waals surface area contributed by atoms with Crippen molar-refractivity contribution in [3.8, 4) is 0 Å². The third-order valence-corrected chi connectivity index (χ3v) is 4.19. The van der Waals surface area contributed by atoms with E-state index in [1.807, 2.05) is 62.5 Å². The molecule has 2 aromatic rings. The molecular weight excluding hydrogens is 262 g/mol. The Balaban J connectivity index is 2.04. The lowest BCUT2D eigenvalue weighted by Crippen LogP contribution is -2.48. The SMILES string of the molecule is CC1C(=O)OC(c2ccccc2)C(c2ccccc2)N1C. The standard InChI is InChI=1S/C18H19NO2/c1-13-18(20)21-17(15-11-7-4-8-12-15)16(19(13)2)14-9-5-3-6-10-14/h3-13,16-17H,1-2H3. The van der Waals surface area contributed by atoms with Crippen molar-refractivity contribution in [2.75, 3.05) is 7.05 Å². The molecule has 21 heavy (non-hydrogen) atoms. The molecule has 0 radical (unpaired) electrons. The van der Waals surface area contributed by atoms with Crippen LogP contribution < -0.4 is 0 Å². The Morgan fingerprint density at radius 1 is 0.905 bits per heavy atom. The number of carbonyl (C=O) groups excluding carboxylic acids is 1. The second-order valence-electron chi connectivity index (χ2n) is 5.47. The number of hydrogen-bond donors (Lipinski definition) is 0. The fourth-order valence-electron chi connectivity index (χ4n) is 2.86. The van der Waals surface area contributed by atoms with Crippen LogP contribution in [0.3, 0.4) is 0 Å². The van der Waals surface area contributed by atoms with Crippen LogP contribution >= 0.6 is 0 Å². The predicted molar refractivity (Wildman–Crippen MR) is 81.7 cm³/mol. The van der Waals surface area contributed by atoms with Gasteiger partial charge in [0.25, 0.3) is 0 Å². The Labute approximate surface area is 125 Å². The maximum atomic E-state index is 12.1. The molecule has 3 rings (SSSR count). The van der Waals surface area contributed by atoms with E-state index in [0.29, 0.717) is 0 Å². The first-order chi connectivity index (χ1) is 10.2. The minimum absolute atomic E-state index is 0.0290. The zero-order valence-electron chi connectivity index (χ0n) is 12.3. The van der Waals surface area contributed by atoms with Crippen molar-refractivity contribution in [1.29, 1.82) is 0 Å². The van der Waals surface area contributed by atoms with Crippen LogP contribution in [0, 0.1) is 0 Å². The number of hydrogen-bond acceptors (Lipinski definition) is 3. The van der Waals surface area contributed by atoms with E-state index in [2.05, 4.69) is 17.0 Å². The van der Waals surface area contributed by atoms with Gasteiger partial charge in [0.15, 0.2) is 0 Å². The summed E-state index contributed by atoms with van der Waals surface area (Å²) in [4.78, 5) is 14.2. The van der Waals surface area contributed by atoms with E-state index >= 15 is 0 Å². The number of carbonyl (C=O) groups is 1. The van der Waals surface area contributed by atoms with Gasteiger partial charge in [-0.25, -0.2) is 0 Å². The number of cyclic esters (lactones) is 1. The van der Waals surface area contributed by atoms with Gasteiger partial charge in [0.1, 0.15) is 12.1 Å². The van der Waals surface area contributed by atoms with Gasteiger partial charge in [-0.05, 0) is 25.1 Å². The summed E-state index contributed by atoms with van der Waals surface area (Å²) in [6.07, 6.45) is -0.276. The van der Waals surface area contributed by atoms with Crippen LogP contribution in [0.1, 0.15) is 30.2 Å². The molecule has 3 heteroatoms. The summed E-state index contributed by atoms with van der Waals surface area (Å²) in [6.45, 7) is 1.89. The molecule has 1 aliphatic heterocycles. The fourth-order valence-corrected chi connectivity index (χ4v) is 2.86. The summed E-state index contributed by atoms with van der Waals surface area (Å²) in [5.74, 6) is -0.168. The quantitative estimate of drug-likeness (QED) is 0.791. The lowest BCUT2D eigenvalue weighted by molar-refractivity contribution is -0.172. The van der Waals surface area contributed by atoms with Gasteiger partial charge in [0.2, 0.25) is 0 Å². The van der Waals surface area contributed by atoms with Gasteiger partial charge in [-0.2, -0.15) is 0 Å². The van der Waals surface area contributed by atoms with E-state index in [9.17, 15) is 4.79 Å². The monoisotopic (exact) mass is 281 g/mol. The van der Waals surface area contributed by atoms with Gasteiger partial charge >= 0.3 is 5.97 Å². The highest BCUT2D eigenvalue weighted by Crippen LogP contribution is 2.40. The van der Waals surface area contributed by atoms with Crippen molar-refractivity contribution in [1.82, 2.24) is 4.90 Å². The van der Waals surface area contributed by atoms with Crippen LogP contribution in [0.15, 0.2) is 60.7 Å². The molecule has 2 aromatic carbocycles. The van der Waals surface area contributed by atoms with E-state index in [1.165, 1.54) is 0 Å². The van der Waals surface area contributed by atoms with Crippen molar-refractivity contribution >= 4 is 5.97 Å². The summed E-state index contributed by atoms with van der Waals surface area (Å²) in [7, 11) is 1.98. The van der Waals surface area contributed by atoms with Crippen LogP contribution in [0.25, 0.3) is 0 Å². The maximum absolute atomic E-state index is 12.1. The predicted octanol–water partition coefficient (Wildman–Crippen LogP) is 3.35. The Kier molecular flexibility index (Phi) is 3.76. The fraction of sp³-hybridized carbons (Fsp3) is 0.278. The first-order valence-corrected chi connectivity index (χ1v) is 7.21. The van der Waals surface area contributed by atoms with Crippen LogP contribution in [0.2, 0.25) is 0 Å². The van der Waals surface area contributed by atoms with E-state index in [1.54, 1.807) is 0 Å². The zero-order chi connectivity index (χ0) is 14.8. The number of esters is 1. The molecule has 1 heterocycles. The average molecular weight is 281 g/mol. The summed E-state index contributed by atoms with van der Waals surface area (Å²) in [6, 6.07) is 19.9. The number of morpholine rings is 1. The molecule has 0 spiro atoms. The van der Waals surface area contributed by atoms with Crippen molar-refractivity contribution in [3.05, 3.63) is 71.8 Å². The number of likely N-dealkylation sites (N-methyl/N-ethyl adjacent to an activating group) is 1. The summed E-state index contributed by atoms with van der Waals surface area (Å²) in [5, 5.41) is 0. The Morgan fingerprint density at radius 3 is 2.00 bits per heavy atom. The topological polar surface area (TPSA) is 29.5 Å². The molecular formula is C18H19NO2. The van der Waals surface area contributed by atoms with Crippen LogP contribution in [-0.4, -0.2) is 24.0 Å². The second-order valence-corrected chi connectivity index (χ2v) is 5.47. The van der Waals surface area contributed by atoms with Crippen molar-refractivity contribution < 1.29 is 9.53 Å². The van der Waals surface area contributed by atoms with E-state index in [4.69, 9.17) is 4.74 Å². The largest absolute Gasteiger partial charge is 0.454 e. The molecule has 0 aliphatic carbocycles. The molecule has 0 amide bonds. The molecule has 0 N–H and O–H groups in total. The maximum Gasteiger partial charge on any atom is 0.323 e. The van der Waals surface area contributed by atoms with Crippen LogP contribution in [0.5, 0.6) is 0 Å². The molecule has 3 unspecified atom stereocenters. The van der Waals surface area contributed by atoms with Crippen molar-refractivity contribution in [3.63, 3.8) is 0 Å². The Bertz CT molecular complexity index is 612. The third-order valence-electron chi connectivity index (χ3n) is 4.19. The van der Waals surface area contributed by atoms with Gasteiger partial charge < -0.3 is 4.74 Å². The van der Waals surface area contributed by atoms with Gasteiger partial charge in [0.05, 0.1) is 6.04 Å².